The summed E-state index contributed by atoms with van der Waals surface area (Å²) in [5.74, 6) is -0.939. The second-order valence-corrected chi connectivity index (χ2v) is 6.31. The lowest BCUT2D eigenvalue weighted by Crippen LogP contribution is -2.25. The molecule has 0 bridgehead atoms. The molecule has 0 heterocycles. The minimum absolute atomic E-state index is 0.0580. The van der Waals surface area contributed by atoms with Crippen LogP contribution in [-0.2, 0) is 14.8 Å². The van der Waals surface area contributed by atoms with Crippen molar-refractivity contribution in [1.29, 1.82) is 0 Å². The topological polar surface area (TPSA) is 83.5 Å². The van der Waals surface area contributed by atoms with Crippen LogP contribution in [0.4, 0.5) is 0 Å². The molecule has 0 aromatic heterocycles. The molecule has 7 heteroatoms. The van der Waals surface area contributed by atoms with E-state index in [1.54, 1.807) is 19.1 Å². The van der Waals surface area contributed by atoms with Gasteiger partial charge in [-0.2, -0.15) is 0 Å². The normalized spacial score (nSPS) is 11.4. The molecular weight excluding hydrogens is 322 g/mol. The van der Waals surface area contributed by atoms with Gasteiger partial charge in [-0.25, -0.2) is 13.1 Å². The fraction of sp³-hybridized carbons (Fsp3) is 0.364. The van der Waals surface area contributed by atoms with Crippen LogP contribution in [0.2, 0.25) is 0 Å². The summed E-state index contributed by atoms with van der Waals surface area (Å²) < 4.78 is 26.8. The molecule has 0 saturated carbocycles. The van der Waals surface area contributed by atoms with E-state index in [1.807, 2.05) is 0 Å². The Morgan fingerprint density at radius 3 is 2.72 bits per heavy atom. The summed E-state index contributed by atoms with van der Waals surface area (Å²) in [5, 5.41) is 8.46. The van der Waals surface area contributed by atoms with Crippen molar-refractivity contribution in [2.24, 2.45) is 0 Å². The SMILES string of the molecule is Cc1cccc(S(=O)(=O)NCCCC(=O)O)c1Br. The molecule has 0 aliphatic carbocycles. The maximum absolute atomic E-state index is 12.0. The van der Waals surface area contributed by atoms with Crippen LogP contribution in [0.15, 0.2) is 27.6 Å². The summed E-state index contributed by atoms with van der Waals surface area (Å²) in [7, 11) is -3.60. The van der Waals surface area contributed by atoms with E-state index < -0.39 is 16.0 Å². The lowest BCUT2D eigenvalue weighted by atomic mass is 10.2. The highest BCUT2D eigenvalue weighted by Gasteiger charge is 2.17. The van der Waals surface area contributed by atoms with E-state index in [4.69, 9.17) is 5.11 Å². The number of carboxylic acids is 1. The maximum atomic E-state index is 12.0. The lowest BCUT2D eigenvalue weighted by molar-refractivity contribution is -0.137. The molecule has 5 nitrogen and oxygen atoms in total. The third-order valence-electron chi connectivity index (χ3n) is 2.31. The first-order chi connectivity index (χ1) is 8.34. The zero-order valence-corrected chi connectivity index (χ0v) is 12.2. The van der Waals surface area contributed by atoms with Gasteiger partial charge in [0.25, 0.3) is 0 Å². The van der Waals surface area contributed by atoms with Gasteiger partial charge in [-0.3, -0.25) is 4.79 Å². The highest BCUT2D eigenvalue weighted by molar-refractivity contribution is 9.10. The van der Waals surface area contributed by atoms with Crippen LogP contribution in [0, 0.1) is 6.92 Å². The van der Waals surface area contributed by atoms with E-state index >= 15 is 0 Å². The molecule has 0 saturated heterocycles. The lowest BCUT2D eigenvalue weighted by Gasteiger charge is -2.09. The molecule has 0 radical (unpaired) electrons. The standard InChI is InChI=1S/C11H14BrNO4S/c1-8-4-2-5-9(11(8)12)18(16,17)13-7-3-6-10(14)15/h2,4-5,13H,3,6-7H2,1H3,(H,14,15). The Bertz CT molecular complexity index is 542. The van der Waals surface area contributed by atoms with Crippen LogP contribution in [0.5, 0.6) is 0 Å². The number of carbonyl (C=O) groups is 1. The first-order valence-corrected chi connectivity index (χ1v) is 7.59. The van der Waals surface area contributed by atoms with Crippen molar-refractivity contribution < 1.29 is 18.3 Å². The Labute approximate surface area is 114 Å². The Balaban J connectivity index is 2.75. The quantitative estimate of drug-likeness (QED) is 0.777. The summed E-state index contributed by atoms with van der Waals surface area (Å²) in [5.41, 5.74) is 0.823. The summed E-state index contributed by atoms with van der Waals surface area (Å²) in [4.78, 5) is 10.5. The third kappa shape index (κ3) is 4.08. The van der Waals surface area contributed by atoms with Gasteiger partial charge in [0.1, 0.15) is 0 Å². The van der Waals surface area contributed by atoms with E-state index in [0.717, 1.165) is 5.56 Å². The van der Waals surface area contributed by atoms with Crippen molar-refractivity contribution in [2.75, 3.05) is 6.54 Å². The number of nitrogens with one attached hydrogen (secondary N) is 1. The van der Waals surface area contributed by atoms with Gasteiger partial charge >= 0.3 is 5.97 Å². The predicted octanol–water partition coefficient (Wildman–Crippen LogP) is 1.90. The van der Waals surface area contributed by atoms with Gasteiger partial charge in [-0.1, -0.05) is 12.1 Å². The molecule has 1 aromatic carbocycles. The average molecular weight is 336 g/mol. The number of aryl methyl sites for hydroxylation is 1. The van der Waals surface area contributed by atoms with Gasteiger partial charge in [-0.15, -0.1) is 0 Å². The largest absolute Gasteiger partial charge is 0.481 e. The highest BCUT2D eigenvalue weighted by atomic mass is 79.9. The van der Waals surface area contributed by atoms with Crippen molar-refractivity contribution in [3.63, 3.8) is 0 Å². The van der Waals surface area contributed by atoms with E-state index in [2.05, 4.69) is 20.7 Å². The second kappa shape index (κ2) is 6.31. The molecule has 100 valence electrons. The zero-order valence-electron chi connectivity index (χ0n) is 9.81. The molecule has 0 aliphatic heterocycles. The van der Waals surface area contributed by atoms with Gasteiger partial charge in [0, 0.05) is 17.4 Å². The first-order valence-electron chi connectivity index (χ1n) is 5.31. The Morgan fingerprint density at radius 1 is 1.44 bits per heavy atom. The first kappa shape index (κ1) is 15.1. The molecule has 1 aromatic rings. The number of carboxylic acid groups (broad SMARTS) is 1. The van der Waals surface area contributed by atoms with Crippen molar-refractivity contribution in [3.8, 4) is 0 Å². The molecule has 2 N–H and O–H groups in total. The van der Waals surface area contributed by atoms with E-state index in [-0.39, 0.29) is 24.3 Å². The van der Waals surface area contributed by atoms with Crippen LogP contribution in [0.25, 0.3) is 0 Å². The summed E-state index contributed by atoms with van der Waals surface area (Å²) in [6.07, 6.45) is 0.204. The smallest absolute Gasteiger partial charge is 0.303 e. The van der Waals surface area contributed by atoms with Crippen LogP contribution in [0.1, 0.15) is 18.4 Å². The van der Waals surface area contributed by atoms with Crippen LogP contribution >= 0.6 is 15.9 Å². The monoisotopic (exact) mass is 335 g/mol. The Kier molecular flexibility index (Phi) is 5.30. The van der Waals surface area contributed by atoms with Gasteiger partial charge in [0.2, 0.25) is 10.0 Å². The highest BCUT2D eigenvalue weighted by Crippen LogP contribution is 2.24. The Morgan fingerprint density at radius 2 is 2.11 bits per heavy atom. The third-order valence-corrected chi connectivity index (χ3v) is 5.12. The predicted molar refractivity (Wildman–Crippen MR) is 70.9 cm³/mol. The van der Waals surface area contributed by atoms with Crippen molar-refractivity contribution in [2.45, 2.75) is 24.7 Å². The fourth-order valence-electron chi connectivity index (χ4n) is 1.35. The molecule has 0 amide bonds. The van der Waals surface area contributed by atoms with E-state index in [1.165, 1.54) is 6.07 Å². The number of hydrogen-bond acceptors (Lipinski definition) is 3. The summed E-state index contributed by atoms with van der Waals surface area (Å²) in [6, 6.07) is 4.95. The van der Waals surface area contributed by atoms with Crippen LogP contribution in [0.3, 0.4) is 0 Å². The fourth-order valence-corrected chi connectivity index (χ4v) is 3.48. The maximum Gasteiger partial charge on any atom is 0.303 e. The molecular formula is C11H14BrNO4S. The van der Waals surface area contributed by atoms with Crippen molar-refractivity contribution in [1.82, 2.24) is 4.72 Å². The molecule has 0 unspecified atom stereocenters. The molecule has 18 heavy (non-hydrogen) atoms. The van der Waals surface area contributed by atoms with Gasteiger partial charge < -0.3 is 5.11 Å². The summed E-state index contributed by atoms with van der Waals surface area (Å²) in [6.45, 7) is 1.91. The number of benzene rings is 1. The minimum atomic E-state index is -3.60. The van der Waals surface area contributed by atoms with E-state index in [9.17, 15) is 13.2 Å². The molecule has 0 atom stereocenters. The zero-order chi connectivity index (χ0) is 13.8. The van der Waals surface area contributed by atoms with Crippen LogP contribution in [-0.4, -0.2) is 26.0 Å². The van der Waals surface area contributed by atoms with Crippen molar-refractivity contribution >= 4 is 31.9 Å². The molecule has 1 rings (SSSR count). The Hall–Kier alpha value is -0.920. The van der Waals surface area contributed by atoms with Gasteiger partial charge in [0.15, 0.2) is 0 Å². The van der Waals surface area contributed by atoms with Crippen molar-refractivity contribution in [3.05, 3.63) is 28.2 Å². The number of sulfonamides is 1. The molecule has 0 spiro atoms. The molecule has 0 fully saturated rings. The number of aliphatic carboxylic acids is 1. The summed E-state index contributed by atoms with van der Waals surface area (Å²) >= 11 is 3.23. The van der Waals surface area contributed by atoms with Gasteiger partial charge in [-0.05, 0) is 40.9 Å². The second-order valence-electron chi connectivity index (χ2n) is 3.78. The number of halogens is 1. The number of rotatable bonds is 6. The molecule has 0 aliphatic rings. The average Bonchev–Trinajstić information content (AvgIpc) is 2.28. The number of hydrogen-bond donors (Lipinski definition) is 2. The van der Waals surface area contributed by atoms with Gasteiger partial charge in [0.05, 0.1) is 4.90 Å². The van der Waals surface area contributed by atoms with E-state index in [0.29, 0.717) is 4.47 Å². The minimum Gasteiger partial charge on any atom is -0.481 e. The van der Waals surface area contributed by atoms with Crippen LogP contribution < -0.4 is 4.72 Å².